The lowest BCUT2D eigenvalue weighted by Gasteiger charge is -2.21. The molecule has 2 N–H and O–H groups in total. The highest BCUT2D eigenvalue weighted by atomic mass is 16.4. The molecule has 2 aromatic carbocycles. The van der Waals surface area contributed by atoms with Crippen molar-refractivity contribution in [1.82, 2.24) is 5.32 Å². The maximum absolute atomic E-state index is 11.5. The first-order chi connectivity index (χ1) is 10.2. The molecule has 0 radical (unpaired) electrons. The van der Waals surface area contributed by atoms with Crippen molar-refractivity contribution in [2.75, 3.05) is 6.54 Å². The van der Waals surface area contributed by atoms with Crippen LogP contribution in [0.5, 0.6) is 0 Å². The summed E-state index contributed by atoms with van der Waals surface area (Å²) >= 11 is 0. The lowest BCUT2D eigenvalue weighted by atomic mass is 9.97. The summed E-state index contributed by atoms with van der Waals surface area (Å²) in [6.07, 6.45) is 0.922. The summed E-state index contributed by atoms with van der Waals surface area (Å²) in [5, 5.41) is 12.8. The van der Waals surface area contributed by atoms with E-state index in [2.05, 4.69) is 24.4 Å². The maximum atomic E-state index is 11.5. The number of carboxylic acid groups (broad SMARTS) is 1. The molecule has 2 aromatic rings. The van der Waals surface area contributed by atoms with E-state index in [0.717, 1.165) is 12.0 Å². The second-order valence-corrected chi connectivity index (χ2v) is 5.08. The third-order valence-corrected chi connectivity index (χ3v) is 3.68. The van der Waals surface area contributed by atoms with Crippen LogP contribution >= 0.6 is 0 Å². The third-order valence-electron chi connectivity index (χ3n) is 3.68. The van der Waals surface area contributed by atoms with Crippen LogP contribution < -0.4 is 5.32 Å². The summed E-state index contributed by atoms with van der Waals surface area (Å²) < 4.78 is 0. The first kappa shape index (κ1) is 15.3. The number of benzene rings is 2. The summed E-state index contributed by atoms with van der Waals surface area (Å²) in [6, 6.07) is 19.7. The van der Waals surface area contributed by atoms with Gasteiger partial charge in [-0.3, -0.25) is 4.79 Å². The van der Waals surface area contributed by atoms with Gasteiger partial charge >= 0.3 is 5.97 Å². The van der Waals surface area contributed by atoms with Gasteiger partial charge in [-0.2, -0.15) is 0 Å². The van der Waals surface area contributed by atoms with Gasteiger partial charge in [-0.25, -0.2) is 0 Å². The van der Waals surface area contributed by atoms with Gasteiger partial charge in [0, 0.05) is 12.6 Å². The molecule has 2 atom stereocenters. The van der Waals surface area contributed by atoms with E-state index in [1.807, 2.05) is 48.5 Å². The standard InChI is InChI=1S/C18H21NO2/c1-2-17(15-11-7-4-8-12-15)19-13-16(18(20)21)14-9-5-3-6-10-14/h3-12,16-17,19H,2,13H2,1H3,(H,20,21). The molecule has 0 saturated heterocycles. The highest BCUT2D eigenvalue weighted by Crippen LogP contribution is 2.19. The first-order valence-electron chi connectivity index (χ1n) is 7.28. The monoisotopic (exact) mass is 283 g/mol. The van der Waals surface area contributed by atoms with Gasteiger partial charge in [-0.05, 0) is 17.5 Å². The molecule has 0 bridgehead atoms. The Morgan fingerprint density at radius 3 is 2.00 bits per heavy atom. The van der Waals surface area contributed by atoms with Gasteiger partial charge in [0.25, 0.3) is 0 Å². The fourth-order valence-corrected chi connectivity index (χ4v) is 2.48. The number of hydrogen-bond donors (Lipinski definition) is 2. The van der Waals surface area contributed by atoms with Crippen molar-refractivity contribution in [3.63, 3.8) is 0 Å². The normalized spacial score (nSPS) is 13.6. The smallest absolute Gasteiger partial charge is 0.312 e. The Balaban J connectivity index is 2.06. The molecule has 0 heterocycles. The Labute approximate surface area is 125 Å². The Kier molecular flexibility index (Phi) is 5.52. The van der Waals surface area contributed by atoms with Crippen molar-refractivity contribution < 1.29 is 9.90 Å². The summed E-state index contributed by atoms with van der Waals surface area (Å²) in [5.41, 5.74) is 2.03. The van der Waals surface area contributed by atoms with E-state index >= 15 is 0 Å². The molecule has 3 heteroatoms. The van der Waals surface area contributed by atoms with Crippen molar-refractivity contribution in [3.05, 3.63) is 71.8 Å². The average molecular weight is 283 g/mol. The second kappa shape index (κ2) is 7.60. The number of rotatable bonds is 7. The van der Waals surface area contributed by atoms with Crippen molar-refractivity contribution in [2.45, 2.75) is 25.3 Å². The topological polar surface area (TPSA) is 49.3 Å². The molecular formula is C18H21NO2. The molecular weight excluding hydrogens is 262 g/mol. The van der Waals surface area contributed by atoms with Gasteiger partial charge < -0.3 is 10.4 Å². The molecule has 0 spiro atoms. The summed E-state index contributed by atoms with van der Waals surface area (Å²) in [7, 11) is 0. The predicted molar refractivity (Wildman–Crippen MR) is 84.3 cm³/mol. The quantitative estimate of drug-likeness (QED) is 0.816. The zero-order valence-corrected chi connectivity index (χ0v) is 12.2. The van der Waals surface area contributed by atoms with E-state index in [1.54, 1.807) is 0 Å². The molecule has 2 unspecified atom stereocenters. The van der Waals surface area contributed by atoms with E-state index < -0.39 is 11.9 Å². The van der Waals surface area contributed by atoms with Gasteiger partial charge in [0.1, 0.15) is 0 Å². The number of aliphatic carboxylic acids is 1. The van der Waals surface area contributed by atoms with E-state index in [0.29, 0.717) is 6.54 Å². The van der Waals surface area contributed by atoms with Crippen LogP contribution in [0, 0.1) is 0 Å². The van der Waals surface area contributed by atoms with Crippen molar-refractivity contribution in [2.24, 2.45) is 0 Å². The van der Waals surface area contributed by atoms with Crippen molar-refractivity contribution >= 4 is 5.97 Å². The molecule has 3 nitrogen and oxygen atoms in total. The summed E-state index contributed by atoms with van der Waals surface area (Å²) in [6.45, 7) is 2.52. The van der Waals surface area contributed by atoms with E-state index in [1.165, 1.54) is 5.56 Å². The molecule has 21 heavy (non-hydrogen) atoms. The average Bonchev–Trinajstić information content (AvgIpc) is 2.53. The Morgan fingerprint density at radius 1 is 1.00 bits per heavy atom. The lowest BCUT2D eigenvalue weighted by Crippen LogP contribution is -2.30. The first-order valence-corrected chi connectivity index (χ1v) is 7.28. The maximum Gasteiger partial charge on any atom is 0.312 e. The molecule has 0 aliphatic carbocycles. The Hall–Kier alpha value is -2.13. The molecule has 0 aliphatic rings. The Morgan fingerprint density at radius 2 is 1.52 bits per heavy atom. The van der Waals surface area contributed by atoms with E-state index in [9.17, 15) is 9.90 Å². The van der Waals surface area contributed by atoms with Gasteiger partial charge in [-0.1, -0.05) is 67.6 Å². The van der Waals surface area contributed by atoms with Crippen LogP contribution in [0.15, 0.2) is 60.7 Å². The number of hydrogen-bond acceptors (Lipinski definition) is 2. The van der Waals surface area contributed by atoms with Gasteiger partial charge in [0.2, 0.25) is 0 Å². The number of nitrogens with one attached hydrogen (secondary N) is 1. The SMILES string of the molecule is CCC(NCC(C(=O)O)c1ccccc1)c1ccccc1. The highest BCUT2D eigenvalue weighted by Gasteiger charge is 2.20. The van der Waals surface area contributed by atoms with Gasteiger partial charge in [0.15, 0.2) is 0 Å². The number of carbonyl (C=O) groups is 1. The van der Waals surface area contributed by atoms with Crippen molar-refractivity contribution in [1.29, 1.82) is 0 Å². The zero-order valence-electron chi connectivity index (χ0n) is 12.2. The predicted octanol–water partition coefficient (Wildman–Crippen LogP) is 3.60. The fourth-order valence-electron chi connectivity index (χ4n) is 2.48. The van der Waals surface area contributed by atoms with Crippen molar-refractivity contribution in [3.8, 4) is 0 Å². The molecule has 0 saturated carbocycles. The van der Waals surface area contributed by atoms with Crippen LogP contribution in [0.4, 0.5) is 0 Å². The fraction of sp³-hybridized carbons (Fsp3) is 0.278. The van der Waals surface area contributed by atoms with Crippen LogP contribution in [-0.4, -0.2) is 17.6 Å². The third kappa shape index (κ3) is 4.17. The summed E-state index contributed by atoms with van der Waals surface area (Å²) in [4.78, 5) is 11.5. The number of carboxylic acids is 1. The van der Waals surface area contributed by atoms with Crippen LogP contribution in [0.1, 0.15) is 36.4 Å². The minimum absolute atomic E-state index is 0.178. The van der Waals surface area contributed by atoms with Crippen LogP contribution in [0.3, 0.4) is 0 Å². The van der Waals surface area contributed by atoms with Crippen LogP contribution in [-0.2, 0) is 4.79 Å². The molecule has 0 fully saturated rings. The largest absolute Gasteiger partial charge is 0.481 e. The molecule has 0 aliphatic heterocycles. The lowest BCUT2D eigenvalue weighted by molar-refractivity contribution is -0.138. The summed E-state index contributed by atoms with van der Waals surface area (Å²) in [5.74, 6) is -1.32. The molecule has 0 aromatic heterocycles. The van der Waals surface area contributed by atoms with E-state index in [-0.39, 0.29) is 6.04 Å². The van der Waals surface area contributed by atoms with Crippen LogP contribution in [0.25, 0.3) is 0 Å². The Bertz CT molecular complexity index is 554. The minimum atomic E-state index is -0.795. The minimum Gasteiger partial charge on any atom is -0.481 e. The second-order valence-electron chi connectivity index (χ2n) is 5.08. The van der Waals surface area contributed by atoms with Gasteiger partial charge in [-0.15, -0.1) is 0 Å². The highest BCUT2D eigenvalue weighted by molar-refractivity contribution is 5.76. The van der Waals surface area contributed by atoms with Crippen LogP contribution in [0.2, 0.25) is 0 Å². The zero-order chi connectivity index (χ0) is 15.1. The van der Waals surface area contributed by atoms with Gasteiger partial charge in [0.05, 0.1) is 5.92 Å². The molecule has 2 rings (SSSR count). The van der Waals surface area contributed by atoms with E-state index in [4.69, 9.17) is 0 Å². The molecule has 0 amide bonds. The molecule has 110 valence electrons.